The van der Waals surface area contributed by atoms with E-state index in [1.165, 1.54) is 50.9 Å². The number of piperidine rings is 1. The van der Waals surface area contributed by atoms with Crippen molar-refractivity contribution in [2.75, 3.05) is 19.6 Å². The van der Waals surface area contributed by atoms with Crippen LogP contribution < -0.4 is 0 Å². The molecule has 0 N–H and O–H groups in total. The van der Waals surface area contributed by atoms with Gasteiger partial charge in [-0.15, -0.1) is 0 Å². The lowest BCUT2D eigenvalue weighted by Gasteiger charge is -2.37. The van der Waals surface area contributed by atoms with Gasteiger partial charge in [0.25, 0.3) is 0 Å². The van der Waals surface area contributed by atoms with Gasteiger partial charge in [-0.2, -0.15) is 0 Å². The molecule has 0 radical (unpaired) electrons. The fourth-order valence-electron chi connectivity index (χ4n) is 3.82. The zero-order valence-electron chi connectivity index (χ0n) is 11.6. The van der Waals surface area contributed by atoms with E-state index in [1.807, 2.05) is 0 Å². The molecule has 19 heavy (non-hydrogen) atoms. The summed E-state index contributed by atoms with van der Waals surface area (Å²) in [6.45, 7) is 4.01. The van der Waals surface area contributed by atoms with Crippen LogP contribution in [-0.2, 0) is 6.42 Å². The number of rotatable bonds is 2. The Bertz CT molecular complexity index is 486. The Morgan fingerprint density at radius 3 is 2.89 bits per heavy atom. The van der Waals surface area contributed by atoms with Crippen molar-refractivity contribution in [3.63, 3.8) is 0 Å². The first-order valence-electron chi connectivity index (χ1n) is 7.87. The van der Waals surface area contributed by atoms with Gasteiger partial charge in [-0.25, -0.2) is 0 Å². The van der Waals surface area contributed by atoms with Gasteiger partial charge in [0.15, 0.2) is 0 Å². The van der Waals surface area contributed by atoms with Gasteiger partial charge >= 0.3 is 0 Å². The molecule has 1 heteroatoms. The molecule has 1 nitrogen and oxygen atoms in total. The van der Waals surface area contributed by atoms with E-state index in [2.05, 4.69) is 41.3 Å². The van der Waals surface area contributed by atoms with Crippen LogP contribution in [0.25, 0.3) is 6.08 Å². The molecule has 100 valence electrons. The third-order valence-electron chi connectivity index (χ3n) is 5.15. The van der Waals surface area contributed by atoms with Gasteiger partial charge in [-0.1, -0.05) is 36.4 Å². The topological polar surface area (TPSA) is 3.24 Å². The molecule has 2 aliphatic carbocycles. The predicted molar refractivity (Wildman–Crippen MR) is 79.9 cm³/mol. The summed E-state index contributed by atoms with van der Waals surface area (Å²) in [5.41, 5.74) is 3.00. The highest BCUT2D eigenvalue weighted by Gasteiger charge is 2.32. The lowest BCUT2D eigenvalue weighted by Crippen LogP contribution is -2.41. The fourth-order valence-corrected chi connectivity index (χ4v) is 3.82. The Labute approximate surface area is 116 Å². The lowest BCUT2D eigenvalue weighted by molar-refractivity contribution is 0.137. The molecule has 0 spiro atoms. The molecule has 2 atom stereocenters. The Morgan fingerprint density at radius 1 is 1.11 bits per heavy atom. The van der Waals surface area contributed by atoms with Crippen LogP contribution in [0.3, 0.4) is 0 Å². The monoisotopic (exact) mass is 253 g/mol. The molecule has 0 bridgehead atoms. The van der Waals surface area contributed by atoms with Crippen molar-refractivity contribution in [1.82, 2.24) is 4.90 Å². The van der Waals surface area contributed by atoms with Crippen LogP contribution in [0.2, 0.25) is 0 Å². The quantitative estimate of drug-likeness (QED) is 0.778. The summed E-state index contributed by atoms with van der Waals surface area (Å²) in [7, 11) is 0. The van der Waals surface area contributed by atoms with E-state index < -0.39 is 0 Å². The maximum absolute atomic E-state index is 2.74. The van der Waals surface area contributed by atoms with Crippen LogP contribution in [0.5, 0.6) is 0 Å². The van der Waals surface area contributed by atoms with Gasteiger partial charge < -0.3 is 4.90 Å². The van der Waals surface area contributed by atoms with E-state index in [0.29, 0.717) is 0 Å². The normalized spacial score (nSPS) is 30.5. The summed E-state index contributed by atoms with van der Waals surface area (Å²) in [6, 6.07) is 8.95. The van der Waals surface area contributed by atoms with Gasteiger partial charge in [0, 0.05) is 13.1 Å². The standard InChI is InChI=1S/C18H23N/c1-2-4-17-11-18-13-19(12-14-5-6-14)10-9-16(18)8-7-15(17)3-1/h1-4,7-8,14,16,18H,5-6,9-13H2/t16-,18-/m0/s1. The predicted octanol–water partition coefficient (Wildman–Crippen LogP) is 3.60. The molecule has 0 unspecified atom stereocenters. The molecular formula is C18H23N. The number of benzene rings is 1. The van der Waals surface area contributed by atoms with Crippen LogP contribution in [0, 0.1) is 17.8 Å². The summed E-state index contributed by atoms with van der Waals surface area (Å²) in [4.78, 5) is 2.74. The van der Waals surface area contributed by atoms with Crippen LogP contribution in [0.1, 0.15) is 30.4 Å². The molecular weight excluding hydrogens is 230 g/mol. The molecule has 4 rings (SSSR count). The third-order valence-corrected chi connectivity index (χ3v) is 5.15. The first-order chi connectivity index (χ1) is 9.38. The van der Waals surface area contributed by atoms with Crippen molar-refractivity contribution >= 4 is 6.08 Å². The highest BCUT2D eigenvalue weighted by atomic mass is 15.1. The largest absolute Gasteiger partial charge is 0.303 e. The van der Waals surface area contributed by atoms with Crippen molar-refractivity contribution < 1.29 is 0 Å². The first-order valence-corrected chi connectivity index (χ1v) is 7.87. The molecule has 1 aromatic carbocycles. The lowest BCUT2D eigenvalue weighted by atomic mass is 9.82. The van der Waals surface area contributed by atoms with E-state index >= 15 is 0 Å². The maximum Gasteiger partial charge on any atom is 0.00186 e. The maximum atomic E-state index is 2.74. The Morgan fingerprint density at radius 2 is 2.00 bits per heavy atom. The average Bonchev–Trinajstić information content (AvgIpc) is 3.24. The van der Waals surface area contributed by atoms with E-state index in [4.69, 9.17) is 0 Å². The SMILES string of the molecule is C1=C[C@H]2CCN(CC3CC3)C[C@@H]2Cc2ccccc21. The highest BCUT2D eigenvalue weighted by molar-refractivity contribution is 5.55. The summed E-state index contributed by atoms with van der Waals surface area (Å²) in [5.74, 6) is 2.68. The first kappa shape index (κ1) is 11.7. The van der Waals surface area contributed by atoms with Crippen molar-refractivity contribution in [2.24, 2.45) is 17.8 Å². The van der Waals surface area contributed by atoms with Crippen LogP contribution in [0.15, 0.2) is 30.3 Å². The van der Waals surface area contributed by atoms with E-state index in [-0.39, 0.29) is 0 Å². The Kier molecular flexibility index (Phi) is 2.96. The van der Waals surface area contributed by atoms with Gasteiger partial charge in [-0.05, 0) is 61.1 Å². The molecule has 1 aliphatic heterocycles. The van der Waals surface area contributed by atoms with Crippen molar-refractivity contribution in [1.29, 1.82) is 0 Å². The van der Waals surface area contributed by atoms with Gasteiger partial charge in [0.1, 0.15) is 0 Å². The minimum absolute atomic E-state index is 0.808. The number of fused-ring (bicyclic) bond motifs is 2. The minimum atomic E-state index is 0.808. The summed E-state index contributed by atoms with van der Waals surface area (Å²) in [5, 5.41) is 0. The van der Waals surface area contributed by atoms with Gasteiger partial charge in [-0.3, -0.25) is 0 Å². The van der Waals surface area contributed by atoms with Crippen LogP contribution >= 0.6 is 0 Å². The van der Waals surface area contributed by atoms with Crippen molar-refractivity contribution in [2.45, 2.75) is 25.7 Å². The van der Waals surface area contributed by atoms with E-state index in [0.717, 1.165) is 17.8 Å². The molecule has 1 heterocycles. The Hall–Kier alpha value is -1.08. The number of hydrogen-bond acceptors (Lipinski definition) is 1. The smallest absolute Gasteiger partial charge is 0.00186 e. The van der Waals surface area contributed by atoms with Crippen LogP contribution in [-0.4, -0.2) is 24.5 Å². The molecule has 2 fully saturated rings. The molecule has 0 aromatic heterocycles. The number of likely N-dealkylation sites (tertiary alicyclic amines) is 1. The molecule has 0 amide bonds. The molecule has 1 saturated heterocycles. The van der Waals surface area contributed by atoms with Crippen molar-refractivity contribution in [3.05, 3.63) is 41.5 Å². The molecule has 1 aromatic rings. The minimum Gasteiger partial charge on any atom is -0.303 e. The summed E-state index contributed by atoms with van der Waals surface area (Å²) < 4.78 is 0. The van der Waals surface area contributed by atoms with E-state index in [1.54, 1.807) is 5.56 Å². The Balaban J connectivity index is 1.52. The van der Waals surface area contributed by atoms with Crippen LogP contribution in [0.4, 0.5) is 0 Å². The second-order valence-corrected chi connectivity index (χ2v) is 6.68. The average molecular weight is 253 g/mol. The second-order valence-electron chi connectivity index (χ2n) is 6.68. The molecule has 3 aliphatic rings. The zero-order valence-corrected chi connectivity index (χ0v) is 11.6. The fraction of sp³-hybridized carbons (Fsp3) is 0.556. The summed E-state index contributed by atoms with van der Waals surface area (Å²) >= 11 is 0. The third kappa shape index (κ3) is 2.49. The number of nitrogens with zero attached hydrogens (tertiary/aromatic N) is 1. The summed E-state index contributed by atoms with van der Waals surface area (Å²) in [6.07, 6.45) is 10.5. The van der Waals surface area contributed by atoms with Gasteiger partial charge in [0.05, 0.1) is 0 Å². The molecule has 1 saturated carbocycles. The number of allylic oxidation sites excluding steroid dienone is 1. The number of hydrogen-bond donors (Lipinski definition) is 0. The van der Waals surface area contributed by atoms with Crippen molar-refractivity contribution in [3.8, 4) is 0 Å². The van der Waals surface area contributed by atoms with Gasteiger partial charge in [0.2, 0.25) is 0 Å². The zero-order chi connectivity index (χ0) is 12.7. The second kappa shape index (κ2) is 4.79. The highest BCUT2D eigenvalue weighted by Crippen LogP contribution is 2.35. The van der Waals surface area contributed by atoms with E-state index in [9.17, 15) is 0 Å².